The van der Waals surface area contributed by atoms with Crippen molar-refractivity contribution in [2.24, 2.45) is 11.8 Å². The van der Waals surface area contributed by atoms with Gasteiger partial charge in [-0.3, -0.25) is 0 Å². The smallest absolute Gasteiger partial charge is 0.137 e. The zero-order valence-electron chi connectivity index (χ0n) is 13.3. The first-order chi connectivity index (χ1) is 9.19. The summed E-state index contributed by atoms with van der Waals surface area (Å²) >= 11 is 3.37. The van der Waals surface area contributed by atoms with E-state index in [1.54, 1.807) is 6.07 Å². The van der Waals surface area contributed by atoms with Crippen LogP contribution in [0.3, 0.4) is 0 Å². The Kier molecular flexibility index (Phi) is 6.67. The summed E-state index contributed by atoms with van der Waals surface area (Å²) in [6.45, 7) is 12.0. The van der Waals surface area contributed by atoms with Crippen LogP contribution in [0.25, 0.3) is 0 Å². The Balaban J connectivity index is 2.76. The maximum atomic E-state index is 13.6. The minimum atomic E-state index is -0.172. The molecule has 0 spiro atoms. The van der Waals surface area contributed by atoms with Crippen LogP contribution in [0.5, 0.6) is 0 Å². The molecular weight excluding hydrogens is 317 g/mol. The molecule has 0 aliphatic heterocycles. The van der Waals surface area contributed by atoms with Crippen LogP contribution in [-0.4, -0.2) is 12.1 Å². The third-order valence-electron chi connectivity index (χ3n) is 3.27. The summed E-state index contributed by atoms with van der Waals surface area (Å²) in [5.41, 5.74) is 1.18. The van der Waals surface area contributed by atoms with Gasteiger partial charge in [-0.25, -0.2) is 4.39 Å². The van der Waals surface area contributed by atoms with Crippen molar-refractivity contribution in [3.05, 3.63) is 34.1 Å². The van der Waals surface area contributed by atoms with E-state index in [-0.39, 0.29) is 11.4 Å². The summed E-state index contributed by atoms with van der Waals surface area (Å²) in [5, 5.41) is 3.57. The highest BCUT2D eigenvalue weighted by Gasteiger charge is 2.17. The predicted molar refractivity (Wildman–Crippen MR) is 88.5 cm³/mol. The molecule has 0 amide bonds. The second-order valence-corrected chi connectivity index (χ2v) is 7.84. The zero-order valence-corrected chi connectivity index (χ0v) is 14.8. The van der Waals surface area contributed by atoms with Gasteiger partial charge in [0.1, 0.15) is 5.82 Å². The Morgan fingerprint density at radius 3 is 2.45 bits per heavy atom. The van der Waals surface area contributed by atoms with Crippen molar-refractivity contribution >= 4 is 15.9 Å². The molecule has 1 nitrogen and oxygen atoms in total. The lowest BCUT2D eigenvalue weighted by Crippen LogP contribution is -2.39. The third-order valence-corrected chi connectivity index (χ3v) is 4.15. The molecule has 0 radical (unpaired) electrons. The molecule has 0 bridgehead atoms. The van der Waals surface area contributed by atoms with Crippen LogP contribution in [0.4, 0.5) is 4.39 Å². The summed E-state index contributed by atoms with van der Waals surface area (Å²) in [5.74, 6) is 0.996. The van der Waals surface area contributed by atoms with Gasteiger partial charge in [-0.05, 0) is 79.6 Å². The summed E-state index contributed by atoms with van der Waals surface area (Å²) in [4.78, 5) is 0. The normalized spacial score (nSPS) is 13.8. The topological polar surface area (TPSA) is 12.0 Å². The highest BCUT2D eigenvalue weighted by atomic mass is 79.9. The Morgan fingerprint density at radius 1 is 1.25 bits per heavy atom. The molecule has 0 aliphatic rings. The fourth-order valence-corrected chi connectivity index (χ4v) is 2.80. The fourth-order valence-electron chi connectivity index (χ4n) is 2.37. The number of nitrogens with one attached hydrogen (secondary N) is 1. The molecule has 3 heteroatoms. The van der Waals surface area contributed by atoms with Gasteiger partial charge < -0.3 is 5.32 Å². The third kappa shape index (κ3) is 6.36. The van der Waals surface area contributed by atoms with Gasteiger partial charge in [0.25, 0.3) is 0 Å². The van der Waals surface area contributed by atoms with E-state index in [0.717, 1.165) is 24.9 Å². The van der Waals surface area contributed by atoms with E-state index >= 15 is 0 Å². The van der Waals surface area contributed by atoms with Crippen molar-refractivity contribution < 1.29 is 4.39 Å². The average molecular weight is 344 g/mol. The summed E-state index contributed by atoms with van der Waals surface area (Å²) in [6, 6.07) is 5.30. The van der Waals surface area contributed by atoms with Gasteiger partial charge in [0.05, 0.1) is 4.47 Å². The molecule has 0 saturated carbocycles. The molecule has 0 saturated heterocycles. The van der Waals surface area contributed by atoms with Crippen molar-refractivity contribution in [3.8, 4) is 0 Å². The SMILES string of the molecule is CC(C)CC(CNC(C)(C)C)Cc1cccc(F)c1Br. The second kappa shape index (κ2) is 7.56. The van der Waals surface area contributed by atoms with Crippen LogP contribution in [-0.2, 0) is 6.42 Å². The Bertz CT molecular complexity index is 423. The minimum Gasteiger partial charge on any atom is -0.312 e. The fraction of sp³-hybridized carbons (Fsp3) is 0.647. The lowest BCUT2D eigenvalue weighted by molar-refractivity contribution is 0.331. The maximum Gasteiger partial charge on any atom is 0.137 e. The van der Waals surface area contributed by atoms with E-state index in [4.69, 9.17) is 0 Å². The second-order valence-electron chi connectivity index (χ2n) is 7.04. The first-order valence-electron chi connectivity index (χ1n) is 7.37. The Hall–Kier alpha value is -0.410. The highest BCUT2D eigenvalue weighted by Crippen LogP contribution is 2.25. The van der Waals surface area contributed by atoms with Crippen LogP contribution in [0.1, 0.15) is 46.6 Å². The van der Waals surface area contributed by atoms with Crippen molar-refractivity contribution in [1.82, 2.24) is 5.32 Å². The quantitative estimate of drug-likeness (QED) is 0.750. The highest BCUT2D eigenvalue weighted by molar-refractivity contribution is 9.10. The molecule has 0 fully saturated rings. The maximum absolute atomic E-state index is 13.6. The summed E-state index contributed by atoms with van der Waals surface area (Å²) in [7, 11) is 0. The van der Waals surface area contributed by atoms with Crippen LogP contribution >= 0.6 is 15.9 Å². The first-order valence-corrected chi connectivity index (χ1v) is 8.16. The van der Waals surface area contributed by atoms with Crippen molar-refractivity contribution in [2.75, 3.05) is 6.54 Å². The molecular formula is C17H27BrFN. The van der Waals surface area contributed by atoms with E-state index in [9.17, 15) is 4.39 Å². The van der Waals surface area contributed by atoms with Crippen LogP contribution in [0.15, 0.2) is 22.7 Å². The van der Waals surface area contributed by atoms with Gasteiger partial charge >= 0.3 is 0 Å². The Morgan fingerprint density at radius 2 is 1.90 bits per heavy atom. The van der Waals surface area contributed by atoms with Crippen molar-refractivity contribution in [2.45, 2.75) is 53.0 Å². The van der Waals surface area contributed by atoms with E-state index in [1.165, 1.54) is 6.07 Å². The number of hydrogen-bond acceptors (Lipinski definition) is 1. The molecule has 20 heavy (non-hydrogen) atoms. The number of hydrogen-bond donors (Lipinski definition) is 1. The number of halogens is 2. The predicted octanol–water partition coefficient (Wildman–Crippen LogP) is 5.18. The molecule has 1 N–H and O–H groups in total. The van der Waals surface area contributed by atoms with E-state index in [0.29, 0.717) is 16.3 Å². The molecule has 0 heterocycles. The standard InChI is InChI=1S/C17H27BrFN/c1-12(2)9-13(11-20-17(3,4)5)10-14-7-6-8-15(19)16(14)18/h6-8,12-13,20H,9-11H2,1-5H3. The zero-order chi connectivity index (χ0) is 15.3. The molecule has 1 aromatic rings. The van der Waals surface area contributed by atoms with Gasteiger partial charge in [-0.2, -0.15) is 0 Å². The number of rotatable bonds is 6. The van der Waals surface area contributed by atoms with Gasteiger partial charge in [0.15, 0.2) is 0 Å². The van der Waals surface area contributed by atoms with E-state index < -0.39 is 0 Å². The van der Waals surface area contributed by atoms with Crippen LogP contribution in [0.2, 0.25) is 0 Å². The lowest BCUT2D eigenvalue weighted by Gasteiger charge is -2.26. The number of benzene rings is 1. The summed E-state index contributed by atoms with van der Waals surface area (Å²) < 4.78 is 14.2. The van der Waals surface area contributed by atoms with Crippen LogP contribution < -0.4 is 5.32 Å². The van der Waals surface area contributed by atoms with E-state index in [2.05, 4.69) is 55.9 Å². The van der Waals surface area contributed by atoms with Gasteiger partial charge in [0.2, 0.25) is 0 Å². The molecule has 1 unspecified atom stereocenters. The van der Waals surface area contributed by atoms with Crippen LogP contribution in [0, 0.1) is 17.7 Å². The largest absolute Gasteiger partial charge is 0.312 e. The Labute approximate surface area is 131 Å². The van der Waals surface area contributed by atoms with Gasteiger partial charge in [-0.1, -0.05) is 26.0 Å². The van der Waals surface area contributed by atoms with Crippen molar-refractivity contribution in [1.29, 1.82) is 0 Å². The molecule has 1 aromatic carbocycles. The average Bonchev–Trinajstić information content (AvgIpc) is 2.30. The minimum absolute atomic E-state index is 0.119. The first kappa shape index (κ1) is 17.6. The molecule has 1 atom stereocenters. The monoisotopic (exact) mass is 343 g/mol. The lowest BCUT2D eigenvalue weighted by atomic mass is 9.90. The van der Waals surface area contributed by atoms with E-state index in [1.807, 2.05) is 6.07 Å². The molecule has 0 aromatic heterocycles. The van der Waals surface area contributed by atoms with Crippen molar-refractivity contribution in [3.63, 3.8) is 0 Å². The summed E-state index contributed by atoms with van der Waals surface area (Å²) in [6.07, 6.45) is 2.05. The molecule has 0 aliphatic carbocycles. The molecule has 114 valence electrons. The van der Waals surface area contributed by atoms with Gasteiger partial charge in [0, 0.05) is 5.54 Å². The van der Waals surface area contributed by atoms with Gasteiger partial charge in [-0.15, -0.1) is 0 Å². The molecule has 1 rings (SSSR count).